The van der Waals surface area contributed by atoms with Gasteiger partial charge in [0.05, 0.1) is 23.3 Å². The van der Waals surface area contributed by atoms with Crippen molar-refractivity contribution in [2.45, 2.75) is 33.4 Å². The van der Waals surface area contributed by atoms with Crippen molar-refractivity contribution in [3.63, 3.8) is 0 Å². The molecule has 0 aliphatic carbocycles. The minimum absolute atomic E-state index is 0.146. The number of thiophene rings is 1. The van der Waals surface area contributed by atoms with Crippen molar-refractivity contribution >= 4 is 44.9 Å². The van der Waals surface area contributed by atoms with E-state index in [1.165, 1.54) is 11.3 Å². The molecule has 6 nitrogen and oxygen atoms in total. The van der Waals surface area contributed by atoms with Crippen LogP contribution in [0.4, 0.5) is 5.82 Å². The van der Waals surface area contributed by atoms with Gasteiger partial charge in [-0.05, 0) is 38.5 Å². The van der Waals surface area contributed by atoms with Gasteiger partial charge in [0.1, 0.15) is 10.6 Å². The zero-order valence-electron chi connectivity index (χ0n) is 15.8. The van der Waals surface area contributed by atoms with Crippen LogP contribution in [0.1, 0.15) is 40.8 Å². The summed E-state index contributed by atoms with van der Waals surface area (Å²) in [5.41, 5.74) is 1.89. The number of halogens is 1. The van der Waals surface area contributed by atoms with Gasteiger partial charge in [-0.3, -0.25) is 9.48 Å². The van der Waals surface area contributed by atoms with E-state index in [-0.39, 0.29) is 11.9 Å². The molecular weight excluding hydrogens is 394 g/mol. The Morgan fingerprint density at radius 1 is 1.29 bits per heavy atom. The van der Waals surface area contributed by atoms with Gasteiger partial charge in [-0.15, -0.1) is 11.3 Å². The lowest BCUT2D eigenvalue weighted by Gasteiger charge is -2.11. The molecule has 1 aromatic carbocycles. The molecule has 3 heterocycles. The summed E-state index contributed by atoms with van der Waals surface area (Å²) in [6, 6.07) is 11.6. The summed E-state index contributed by atoms with van der Waals surface area (Å²) in [4.78, 5) is 14.4. The molecule has 0 unspecified atom stereocenters. The maximum atomic E-state index is 12.8. The number of rotatable bonds is 5. The molecule has 0 aliphatic rings. The van der Waals surface area contributed by atoms with Gasteiger partial charge >= 0.3 is 0 Å². The fourth-order valence-corrected chi connectivity index (χ4v) is 4.37. The maximum absolute atomic E-state index is 12.8. The summed E-state index contributed by atoms with van der Waals surface area (Å²) in [6.07, 6.45) is 1.69. The largest absolute Gasteiger partial charge is 0.306 e. The SMILES string of the molecule is Cc1nn(Cc2ccccc2Cl)c2sc(C(=O)Nc3ccnn3C(C)C)cc12. The Labute approximate surface area is 171 Å². The number of amides is 1. The molecule has 1 amide bonds. The zero-order valence-corrected chi connectivity index (χ0v) is 17.4. The Hall–Kier alpha value is -2.64. The summed E-state index contributed by atoms with van der Waals surface area (Å²) in [7, 11) is 0. The minimum atomic E-state index is -0.146. The third kappa shape index (κ3) is 3.43. The average molecular weight is 414 g/mol. The summed E-state index contributed by atoms with van der Waals surface area (Å²) in [6.45, 7) is 6.56. The van der Waals surface area contributed by atoms with Crippen molar-refractivity contribution in [2.24, 2.45) is 0 Å². The van der Waals surface area contributed by atoms with Crippen molar-refractivity contribution in [1.29, 1.82) is 0 Å². The standard InChI is InChI=1S/C20H20ClN5OS/c1-12(2)26-18(8-9-22-26)23-19(27)17-10-15-13(3)24-25(20(15)28-17)11-14-6-4-5-7-16(14)21/h4-10,12H,11H2,1-3H3,(H,23,27). The van der Waals surface area contributed by atoms with E-state index in [1.54, 1.807) is 16.9 Å². The molecule has 0 spiro atoms. The quantitative estimate of drug-likeness (QED) is 0.492. The highest BCUT2D eigenvalue weighted by Gasteiger charge is 2.18. The number of aryl methyl sites for hydroxylation is 1. The van der Waals surface area contributed by atoms with Gasteiger partial charge in [-0.2, -0.15) is 10.2 Å². The van der Waals surface area contributed by atoms with Crippen molar-refractivity contribution in [2.75, 3.05) is 5.32 Å². The Kier molecular flexibility index (Phi) is 4.95. The second-order valence-electron chi connectivity index (χ2n) is 6.87. The number of benzene rings is 1. The van der Waals surface area contributed by atoms with Crippen molar-refractivity contribution in [3.05, 3.63) is 63.8 Å². The highest BCUT2D eigenvalue weighted by molar-refractivity contribution is 7.20. The number of carbonyl (C=O) groups excluding carboxylic acids is 1. The van der Waals surface area contributed by atoms with Crippen molar-refractivity contribution in [3.8, 4) is 0 Å². The normalized spacial score (nSPS) is 11.5. The van der Waals surface area contributed by atoms with Crippen LogP contribution >= 0.6 is 22.9 Å². The van der Waals surface area contributed by atoms with E-state index < -0.39 is 0 Å². The van der Waals surface area contributed by atoms with Gasteiger partial charge in [0.15, 0.2) is 0 Å². The topological polar surface area (TPSA) is 64.7 Å². The maximum Gasteiger partial charge on any atom is 0.266 e. The molecular formula is C20H20ClN5OS. The van der Waals surface area contributed by atoms with Crippen LogP contribution in [0.2, 0.25) is 5.02 Å². The Balaban J connectivity index is 1.64. The third-order valence-electron chi connectivity index (χ3n) is 4.51. The van der Waals surface area contributed by atoms with Gasteiger partial charge in [0.25, 0.3) is 5.91 Å². The molecule has 0 bridgehead atoms. The molecule has 3 aromatic heterocycles. The highest BCUT2D eigenvalue weighted by atomic mass is 35.5. The number of hydrogen-bond donors (Lipinski definition) is 1. The number of hydrogen-bond acceptors (Lipinski definition) is 4. The van der Waals surface area contributed by atoms with Crippen LogP contribution < -0.4 is 5.32 Å². The predicted octanol–water partition coefficient (Wildman–Crippen LogP) is 5.14. The average Bonchev–Trinajstić information content (AvgIpc) is 3.35. The van der Waals surface area contributed by atoms with E-state index in [4.69, 9.17) is 11.6 Å². The molecule has 0 atom stereocenters. The molecule has 4 aromatic rings. The number of carbonyl (C=O) groups is 1. The van der Waals surface area contributed by atoms with E-state index in [2.05, 4.69) is 15.5 Å². The number of nitrogens with one attached hydrogen (secondary N) is 1. The van der Waals surface area contributed by atoms with E-state index in [9.17, 15) is 4.79 Å². The van der Waals surface area contributed by atoms with Crippen molar-refractivity contribution in [1.82, 2.24) is 19.6 Å². The fraction of sp³-hybridized carbons (Fsp3) is 0.250. The molecule has 0 saturated heterocycles. The molecule has 0 radical (unpaired) electrons. The molecule has 144 valence electrons. The van der Waals surface area contributed by atoms with E-state index in [1.807, 2.05) is 55.8 Å². The Morgan fingerprint density at radius 2 is 2.07 bits per heavy atom. The summed E-state index contributed by atoms with van der Waals surface area (Å²) in [5, 5.41) is 13.5. The summed E-state index contributed by atoms with van der Waals surface area (Å²) in [5.74, 6) is 0.541. The predicted molar refractivity (Wildman–Crippen MR) is 113 cm³/mol. The summed E-state index contributed by atoms with van der Waals surface area (Å²) >= 11 is 7.73. The van der Waals surface area contributed by atoms with Crippen LogP contribution in [-0.2, 0) is 6.54 Å². The monoisotopic (exact) mass is 413 g/mol. The van der Waals surface area contributed by atoms with Crippen LogP contribution in [0.3, 0.4) is 0 Å². The van der Waals surface area contributed by atoms with Gasteiger partial charge in [-0.1, -0.05) is 29.8 Å². The van der Waals surface area contributed by atoms with E-state index in [0.29, 0.717) is 22.3 Å². The highest BCUT2D eigenvalue weighted by Crippen LogP contribution is 2.30. The van der Waals surface area contributed by atoms with E-state index >= 15 is 0 Å². The Morgan fingerprint density at radius 3 is 2.82 bits per heavy atom. The van der Waals surface area contributed by atoms with Crippen LogP contribution in [0.15, 0.2) is 42.6 Å². The molecule has 28 heavy (non-hydrogen) atoms. The molecule has 0 fully saturated rings. The number of anilines is 1. The van der Waals surface area contributed by atoms with Gasteiger partial charge in [0.2, 0.25) is 0 Å². The first kappa shape index (κ1) is 18.7. The number of fused-ring (bicyclic) bond motifs is 1. The summed E-state index contributed by atoms with van der Waals surface area (Å²) < 4.78 is 3.70. The number of aromatic nitrogens is 4. The molecule has 4 rings (SSSR count). The lowest BCUT2D eigenvalue weighted by Crippen LogP contribution is -2.15. The van der Waals surface area contributed by atoms with Crippen molar-refractivity contribution < 1.29 is 4.79 Å². The van der Waals surface area contributed by atoms with Gasteiger partial charge in [0, 0.05) is 22.5 Å². The van der Waals surface area contributed by atoms with Gasteiger partial charge in [-0.25, -0.2) is 4.68 Å². The lowest BCUT2D eigenvalue weighted by molar-refractivity contribution is 0.102. The van der Waals surface area contributed by atoms with Crippen LogP contribution in [0.25, 0.3) is 10.2 Å². The van der Waals surface area contributed by atoms with Crippen LogP contribution in [-0.4, -0.2) is 25.5 Å². The molecule has 0 saturated carbocycles. The van der Waals surface area contributed by atoms with E-state index in [0.717, 1.165) is 21.5 Å². The second kappa shape index (κ2) is 7.41. The Bertz CT molecular complexity index is 1160. The first-order valence-corrected chi connectivity index (χ1v) is 10.2. The zero-order chi connectivity index (χ0) is 19.8. The molecule has 8 heteroatoms. The van der Waals surface area contributed by atoms with Gasteiger partial charge < -0.3 is 5.32 Å². The fourth-order valence-electron chi connectivity index (χ4n) is 3.12. The lowest BCUT2D eigenvalue weighted by atomic mass is 10.2. The minimum Gasteiger partial charge on any atom is -0.306 e. The number of nitrogens with zero attached hydrogens (tertiary/aromatic N) is 4. The molecule has 0 aliphatic heterocycles. The molecule has 1 N–H and O–H groups in total. The first-order valence-electron chi connectivity index (χ1n) is 8.99. The second-order valence-corrected chi connectivity index (χ2v) is 8.31. The first-order chi connectivity index (χ1) is 13.4. The van der Waals surface area contributed by atoms with Crippen LogP contribution in [0.5, 0.6) is 0 Å². The van der Waals surface area contributed by atoms with Crippen LogP contribution in [0, 0.1) is 6.92 Å². The third-order valence-corrected chi connectivity index (χ3v) is 6.03. The smallest absolute Gasteiger partial charge is 0.266 e.